The van der Waals surface area contributed by atoms with E-state index in [1.807, 2.05) is 31.2 Å². The molecule has 2 aromatic carbocycles. The zero-order valence-corrected chi connectivity index (χ0v) is 14.7. The molecule has 0 radical (unpaired) electrons. The average molecular weight is 353 g/mol. The Morgan fingerprint density at radius 2 is 1.65 bits per heavy atom. The molecule has 1 aliphatic carbocycles. The van der Waals surface area contributed by atoms with Gasteiger partial charge in [-0.2, -0.15) is 0 Å². The lowest BCUT2D eigenvalue weighted by molar-refractivity contribution is -0.178. The summed E-state index contributed by atoms with van der Waals surface area (Å²) in [5.41, 5.74) is 4.71. The number of aliphatic hydroxyl groups excluding tert-OH is 1. The van der Waals surface area contributed by atoms with Gasteiger partial charge < -0.3 is 19.8 Å². The van der Waals surface area contributed by atoms with Crippen molar-refractivity contribution in [3.8, 4) is 11.1 Å². The molecule has 136 valence electrons. The van der Waals surface area contributed by atoms with Crippen molar-refractivity contribution in [3.63, 3.8) is 0 Å². The van der Waals surface area contributed by atoms with E-state index in [-0.39, 0.29) is 18.1 Å². The predicted octanol–water partition coefficient (Wildman–Crippen LogP) is 3.66. The highest BCUT2D eigenvalue weighted by Gasteiger charge is 2.38. The van der Waals surface area contributed by atoms with Crippen LogP contribution in [-0.4, -0.2) is 46.2 Å². The van der Waals surface area contributed by atoms with E-state index in [2.05, 4.69) is 24.3 Å². The Balaban J connectivity index is 1.67. The fourth-order valence-electron chi connectivity index (χ4n) is 4.37. The summed E-state index contributed by atoms with van der Waals surface area (Å²) in [5.74, 6) is 0.0116. The quantitative estimate of drug-likeness (QED) is 0.883. The van der Waals surface area contributed by atoms with Crippen molar-refractivity contribution in [2.45, 2.75) is 44.1 Å². The first-order chi connectivity index (χ1) is 12.6. The third-order valence-electron chi connectivity index (χ3n) is 5.61. The molecule has 1 saturated heterocycles. The molecule has 0 spiro atoms. The number of aliphatic hydroxyl groups is 1. The van der Waals surface area contributed by atoms with Gasteiger partial charge in [0.2, 0.25) is 0 Å². The Kier molecular flexibility index (Phi) is 4.42. The molecule has 2 aliphatic rings. The number of nitrogens with zero attached hydrogens (tertiary/aromatic N) is 1. The molecule has 5 heteroatoms. The van der Waals surface area contributed by atoms with Crippen molar-refractivity contribution in [1.29, 1.82) is 0 Å². The van der Waals surface area contributed by atoms with Crippen LogP contribution >= 0.6 is 0 Å². The number of amides is 1. The number of hydrogen-bond donors (Lipinski definition) is 2. The summed E-state index contributed by atoms with van der Waals surface area (Å²) in [5, 5.41) is 19.5. The number of carbonyl (C=O) groups is 1. The second kappa shape index (κ2) is 6.74. The van der Waals surface area contributed by atoms with E-state index in [4.69, 9.17) is 4.74 Å². The minimum Gasteiger partial charge on any atom is -0.465 e. The van der Waals surface area contributed by atoms with E-state index in [0.29, 0.717) is 19.4 Å². The van der Waals surface area contributed by atoms with Gasteiger partial charge in [0.05, 0.1) is 12.1 Å². The molecule has 0 bridgehead atoms. The summed E-state index contributed by atoms with van der Waals surface area (Å²) in [4.78, 5) is 13.5. The summed E-state index contributed by atoms with van der Waals surface area (Å²) in [6, 6.07) is 16.2. The third kappa shape index (κ3) is 2.87. The van der Waals surface area contributed by atoms with Crippen molar-refractivity contribution >= 4 is 6.09 Å². The number of hydrogen-bond acceptors (Lipinski definition) is 3. The van der Waals surface area contributed by atoms with Crippen LogP contribution in [0, 0.1) is 0 Å². The van der Waals surface area contributed by atoms with Crippen molar-refractivity contribution < 1.29 is 19.7 Å². The predicted molar refractivity (Wildman–Crippen MR) is 98.0 cm³/mol. The standard InChI is InChI=1S/C21H23NO4/c1-13-19(10-11-20(23)26-13)22(21(24)25)12-18-16-8-4-2-6-14(16)15-7-3-5-9-17(15)18/h2-9,13,18-20,23H,10-12H2,1H3,(H,24,25)/t13-,19+,20?/m0/s1. The Bertz CT molecular complexity index is 776. The SMILES string of the molecule is C[C@@H]1OC(O)CC[C@H]1N(CC1c2ccccc2-c2ccccc21)C(=O)O. The highest BCUT2D eigenvalue weighted by Crippen LogP contribution is 2.45. The van der Waals surface area contributed by atoms with Crippen LogP contribution in [0.2, 0.25) is 0 Å². The molecule has 0 saturated carbocycles. The Morgan fingerprint density at radius 1 is 1.08 bits per heavy atom. The molecule has 26 heavy (non-hydrogen) atoms. The van der Waals surface area contributed by atoms with Crippen molar-refractivity contribution in [2.24, 2.45) is 0 Å². The molecule has 1 amide bonds. The maximum Gasteiger partial charge on any atom is 0.407 e. The smallest absolute Gasteiger partial charge is 0.407 e. The fraction of sp³-hybridized carbons (Fsp3) is 0.381. The normalized spacial score (nSPS) is 24.8. The van der Waals surface area contributed by atoms with Crippen LogP contribution in [-0.2, 0) is 4.74 Å². The molecule has 1 unspecified atom stereocenters. The van der Waals surface area contributed by atoms with Gasteiger partial charge in [-0.15, -0.1) is 0 Å². The highest BCUT2D eigenvalue weighted by atomic mass is 16.6. The molecule has 1 heterocycles. The van der Waals surface area contributed by atoms with Crippen LogP contribution in [0.3, 0.4) is 0 Å². The summed E-state index contributed by atoms with van der Waals surface area (Å²) < 4.78 is 5.48. The lowest BCUT2D eigenvalue weighted by atomic mass is 9.94. The topological polar surface area (TPSA) is 70.0 Å². The average Bonchev–Trinajstić information content (AvgIpc) is 2.94. The van der Waals surface area contributed by atoms with E-state index in [0.717, 1.165) is 0 Å². The molecular weight excluding hydrogens is 330 g/mol. The second-order valence-electron chi connectivity index (χ2n) is 7.10. The van der Waals surface area contributed by atoms with Crippen molar-refractivity contribution in [3.05, 3.63) is 59.7 Å². The Morgan fingerprint density at radius 3 is 2.19 bits per heavy atom. The van der Waals surface area contributed by atoms with Gasteiger partial charge >= 0.3 is 6.09 Å². The lowest BCUT2D eigenvalue weighted by Gasteiger charge is -2.39. The summed E-state index contributed by atoms with van der Waals surface area (Å²) in [7, 11) is 0. The van der Waals surface area contributed by atoms with Crippen LogP contribution < -0.4 is 0 Å². The molecule has 0 aromatic heterocycles. The number of benzene rings is 2. The van der Waals surface area contributed by atoms with E-state index in [9.17, 15) is 15.0 Å². The van der Waals surface area contributed by atoms with Crippen LogP contribution in [0.25, 0.3) is 11.1 Å². The van der Waals surface area contributed by atoms with Gasteiger partial charge in [0.25, 0.3) is 0 Å². The molecule has 3 atom stereocenters. The van der Waals surface area contributed by atoms with Gasteiger partial charge in [0.1, 0.15) is 0 Å². The van der Waals surface area contributed by atoms with E-state index in [1.54, 1.807) is 0 Å². The van der Waals surface area contributed by atoms with Gasteiger partial charge in [0, 0.05) is 18.9 Å². The van der Waals surface area contributed by atoms with Crippen LogP contribution in [0.5, 0.6) is 0 Å². The number of carboxylic acid groups (broad SMARTS) is 1. The molecule has 1 fully saturated rings. The van der Waals surface area contributed by atoms with E-state index < -0.39 is 12.4 Å². The van der Waals surface area contributed by atoms with Gasteiger partial charge in [-0.3, -0.25) is 0 Å². The molecular formula is C21H23NO4. The van der Waals surface area contributed by atoms with Gasteiger partial charge in [-0.05, 0) is 35.6 Å². The fourth-order valence-corrected chi connectivity index (χ4v) is 4.37. The van der Waals surface area contributed by atoms with Crippen LogP contribution in [0.4, 0.5) is 4.79 Å². The molecule has 2 aromatic rings. The molecule has 2 N–H and O–H groups in total. The van der Waals surface area contributed by atoms with Crippen LogP contribution in [0.1, 0.15) is 36.8 Å². The maximum absolute atomic E-state index is 12.0. The van der Waals surface area contributed by atoms with E-state index >= 15 is 0 Å². The number of rotatable bonds is 3. The first kappa shape index (κ1) is 17.1. The summed E-state index contributed by atoms with van der Waals surface area (Å²) in [6.07, 6.45) is -1.02. The first-order valence-corrected chi connectivity index (χ1v) is 9.07. The molecule has 5 nitrogen and oxygen atoms in total. The zero-order chi connectivity index (χ0) is 18.3. The van der Waals surface area contributed by atoms with E-state index in [1.165, 1.54) is 27.2 Å². The zero-order valence-electron chi connectivity index (χ0n) is 14.7. The highest BCUT2D eigenvalue weighted by molar-refractivity contribution is 5.79. The van der Waals surface area contributed by atoms with Crippen LogP contribution in [0.15, 0.2) is 48.5 Å². The third-order valence-corrected chi connectivity index (χ3v) is 5.61. The summed E-state index contributed by atoms with van der Waals surface area (Å²) >= 11 is 0. The minimum absolute atomic E-state index is 0.0116. The molecule has 4 rings (SSSR count). The summed E-state index contributed by atoms with van der Waals surface area (Å²) in [6.45, 7) is 2.22. The Labute approximate surface area is 152 Å². The van der Waals surface area contributed by atoms with Crippen molar-refractivity contribution in [2.75, 3.05) is 6.54 Å². The lowest BCUT2D eigenvalue weighted by Crippen LogP contribution is -2.51. The number of ether oxygens (including phenoxy) is 1. The first-order valence-electron chi connectivity index (χ1n) is 9.07. The Hall–Kier alpha value is -2.37. The van der Waals surface area contributed by atoms with Gasteiger partial charge in [-0.1, -0.05) is 48.5 Å². The van der Waals surface area contributed by atoms with Crippen molar-refractivity contribution in [1.82, 2.24) is 4.90 Å². The largest absolute Gasteiger partial charge is 0.465 e. The maximum atomic E-state index is 12.0. The second-order valence-corrected chi connectivity index (χ2v) is 7.10. The minimum atomic E-state index is -0.941. The molecule has 1 aliphatic heterocycles. The number of fused-ring (bicyclic) bond motifs is 3. The monoisotopic (exact) mass is 353 g/mol. The van der Waals surface area contributed by atoms with Gasteiger partial charge in [0.15, 0.2) is 6.29 Å². The van der Waals surface area contributed by atoms with Gasteiger partial charge in [-0.25, -0.2) is 4.79 Å².